The average Bonchev–Trinajstić information content (AvgIpc) is 3.60. The van der Waals surface area contributed by atoms with Gasteiger partial charge in [-0.2, -0.15) is 0 Å². The van der Waals surface area contributed by atoms with Crippen molar-refractivity contribution in [3.8, 4) is 22.9 Å². The Morgan fingerprint density at radius 2 is 1.57 bits per heavy atom. The second-order valence-corrected chi connectivity index (χ2v) is 9.85. The topological polar surface area (TPSA) is 102 Å². The number of rotatable bonds is 8. The molecule has 0 aliphatic carbocycles. The second-order valence-electron chi connectivity index (χ2n) is 8.07. The average molecular weight is 518 g/mol. The van der Waals surface area contributed by atoms with Crippen LogP contribution < -0.4 is 14.2 Å². The SMILES string of the molecule is COc1cc(C(=O)c2cc3cc(-n4ccnc4)ccc3n2S(=O)(=O)c2ccccc2)cc(OC)c1OC. The standard InChI is InChI=1S/C27H23N3O6S/c1-34-24-15-19(16-25(35-2)27(24)36-3)26(31)23-14-18-13-20(29-12-11-28-17-29)9-10-22(18)30(23)37(32,33)21-7-5-4-6-8-21/h4-17H,1-3H3. The van der Waals surface area contributed by atoms with Crippen molar-refractivity contribution in [2.75, 3.05) is 21.3 Å². The summed E-state index contributed by atoms with van der Waals surface area (Å²) in [7, 11) is 0.224. The second kappa shape index (κ2) is 9.47. The minimum atomic E-state index is -4.13. The molecule has 0 atom stereocenters. The zero-order chi connectivity index (χ0) is 26.2. The maximum absolute atomic E-state index is 13.9. The van der Waals surface area contributed by atoms with Crippen LogP contribution >= 0.6 is 0 Å². The summed E-state index contributed by atoms with van der Waals surface area (Å²) in [6.07, 6.45) is 5.07. The first-order valence-corrected chi connectivity index (χ1v) is 12.6. The number of nitrogens with zero attached hydrogens (tertiary/aromatic N) is 3. The Bertz CT molecular complexity index is 1680. The van der Waals surface area contributed by atoms with Gasteiger partial charge in [-0.1, -0.05) is 18.2 Å². The van der Waals surface area contributed by atoms with Gasteiger partial charge in [-0.05, 0) is 48.5 Å². The van der Waals surface area contributed by atoms with Crippen molar-refractivity contribution in [3.05, 3.63) is 96.7 Å². The predicted octanol–water partition coefficient (Wildman–Crippen LogP) is 4.32. The van der Waals surface area contributed by atoms with Gasteiger partial charge in [0, 0.05) is 29.0 Å². The fraction of sp³-hybridized carbons (Fsp3) is 0.111. The highest BCUT2D eigenvalue weighted by Gasteiger charge is 2.28. The molecule has 5 aromatic rings. The van der Waals surface area contributed by atoms with Gasteiger partial charge in [0.15, 0.2) is 11.5 Å². The number of methoxy groups -OCH3 is 3. The number of carbonyl (C=O) groups excluding carboxylic acids is 1. The van der Waals surface area contributed by atoms with Gasteiger partial charge in [0.05, 0.1) is 38.1 Å². The van der Waals surface area contributed by atoms with E-state index in [1.807, 2.05) is 0 Å². The van der Waals surface area contributed by atoms with Crippen LogP contribution in [0.2, 0.25) is 0 Å². The van der Waals surface area contributed by atoms with Crippen molar-refractivity contribution in [2.45, 2.75) is 4.90 Å². The highest BCUT2D eigenvalue weighted by molar-refractivity contribution is 7.90. The predicted molar refractivity (Wildman–Crippen MR) is 138 cm³/mol. The highest BCUT2D eigenvalue weighted by atomic mass is 32.2. The number of fused-ring (bicyclic) bond motifs is 1. The molecule has 2 heterocycles. The van der Waals surface area contributed by atoms with E-state index in [-0.39, 0.29) is 27.7 Å². The fourth-order valence-electron chi connectivity index (χ4n) is 4.23. The molecule has 10 heteroatoms. The number of ketones is 1. The summed E-state index contributed by atoms with van der Waals surface area (Å²) in [6.45, 7) is 0. The Hall–Kier alpha value is -4.57. The molecule has 5 rings (SSSR count). The summed E-state index contributed by atoms with van der Waals surface area (Å²) in [4.78, 5) is 18.0. The molecule has 0 aliphatic rings. The van der Waals surface area contributed by atoms with E-state index in [1.165, 1.54) is 45.6 Å². The summed E-state index contributed by atoms with van der Waals surface area (Å²) in [5, 5.41) is 0.571. The number of hydrogen-bond donors (Lipinski definition) is 0. The zero-order valence-corrected chi connectivity index (χ0v) is 21.1. The fourth-order valence-corrected chi connectivity index (χ4v) is 5.76. The van der Waals surface area contributed by atoms with Gasteiger partial charge in [-0.25, -0.2) is 17.4 Å². The van der Waals surface area contributed by atoms with Crippen LogP contribution in [0.15, 0.2) is 90.3 Å². The monoisotopic (exact) mass is 517 g/mol. The molecule has 0 amide bonds. The van der Waals surface area contributed by atoms with Gasteiger partial charge in [-0.15, -0.1) is 0 Å². The van der Waals surface area contributed by atoms with Gasteiger partial charge >= 0.3 is 0 Å². The Labute approximate surface area is 213 Å². The van der Waals surface area contributed by atoms with E-state index < -0.39 is 15.8 Å². The van der Waals surface area contributed by atoms with E-state index in [9.17, 15) is 13.2 Å². The lowest BCUT2D eigenvalue weighted by atomic mass is 10.1. The van der Waals surface area contributed by atoms with E-state index in [2.05, 4.69) is 4.98 Å². The molecular formula is C27H23N3O6S. The number of hydrogen-bond acceptors (Lipinski definition) is 7. The zero-order valence-electron chi connectivity index (χ0n) is 20.3. The van der Waals surface area contributed by atoms with Crippen molar-refractivity contribution in [2.24, 2.45) is 0 Å². The van der Waals surface area contributed by atoms with Crippen LogP contribution in [0, 0.1) is 0 Å². The van der Waals surface area contributed by atoms with E-state index >= 15 is 0 Å². The highest BCUT2D eigenvalue weighted by Crippen LogP contribution is 2.39. The van der Waals surface area contributed by atoms with Gasteiger partial charge < -0.3 is 18.8 Å². The van der Waals surface area contributed by atoms with Gasteiger partial charge in [0.25, 0.3) is 10.0 Å². The normalized spacial score (nSPS) is 11.4. The Balaban J connectivity index is 1.76. The summed E-state index contributed by atoms with van der Waals surface area (Å²) in [5.41, 5.74) is 1.28. The molecule has 37 heavy (non-hydrogen) atoms. The Morgan fingerprint density at radius 1 is 0.865 bits per heavy atom. The van der Waals surface area contributed by atoms with Gasteiger partial charge in [0.1, 0.15) is 5.69 Å². The molecule has 0 N–H and O–H groups in total. The van der Waals surface area contributed by atoms with E-state index in [4.69, 9.17) is 14.2 Å². The molecule has 0 bridgehead atoms. The molecule has 2 aromatic heterocycles. The molecule has 0 fully saturated rings. The molecule has 188 valence electrons. The third-order valence-electron chi connectivity index (χ3n) is 5.98. The molecule has 0 saturated heterocycles. The number of benzene rings is 3. The van der Waals surface area contributed by atoms with Crippen molar-refractivity contribution in [3.63, 3.8) is 0 Å². The number of imidazole rings is 1. The van der Waals surface area contributed by atoms with Crippen LogP contribution in [0.4, 0.5) is 0 Å². The maximum Gasteiger partial charge on any atom is 0.268 e. The van der Waals surface area contributed by atoms with Crippen LogP contribution in [0.3, 0.4) is 0 Å². The first-order valence-electron chi connectivity index (χ1n) is 11.2. The molecular weight excluding hydrogens is 494 g/mol. The first kappa shape index (κ1) is 24.1. The van der Waals surface area contributed by atoms with Gasteiger partial charge in [-0.3, -0.25) is 4.79 Å². The first-order chi connectivity index (χ1) is 17.9. The van der Waals surface area contributed by atoms with E-state index in [0.29, 0.717) is 16.7 Å². The van der Waals surface area contributed by atoms with Crippen molar-refractivity contribution in [1.82, 2.24) is 13.5 Å². The van der Waals surface area contributed by atoms with Crippen LogP contribution in [0.5, 0.6) is 17.2 Å². The third kappa shape index (κ3) is 4.11. The quantitative estimate of drug-likeness (QED) is 0.283. The lowest BCUT2D eigenvalue weighted by Gasteiger charge is -2.15. The van der Waals surface area contributed by atoms with Crippen LogP contribution in [0.1, 0.15) is 16.1 Å². The number of aromatic nitrogens is 3. The Kier molecular flexibility index (Phi) is 6.18. The maximum atomic E-state index is 13.9. The van der Waals surface area contributed by atoms with E-state index in [1.54, 1.807) is 65.8 Å². The van der Waals surface area contributed by atoms with Crippen LogP contribution in [-0.4, -0.2) is 49.1 Å². The smallest absolute Gasteiger partial charge is 0.268 e. The molecule has 0 saturated carbocycles. The molecule has 0 spiro atoms. The molecule has 3 aromatic carbocycles. The van der Waals surface area contributed by atoms with E-state index in [0.717, 1.165) is 9.66 Å². The summed E-state index contributed by atoms with van der Waals surface area (Å²) >= 11 is 0. The minimum absolute atomic E-state index is 0.0316. The minimum Gasteiger partial charge on any atom is -0.493 e. The molecule has 0 unspecified atom stereocenters. The van der Waals surface area contributed by atoms with Crippen molar-refractivity contribution >= 4 is 26.7 Å². The van der Waals surface area contributed by atoms with Gasteiger partial charge in [0.2, 0.25) is 11.5 Å². The molecule has 9 nitrogen and oxygen atoms in total. The lowest BCUT2D eigenvalue weighted by Crippen LogP contribution is -2.19. The number of ether oxygens (including phenoxy) is 3. The largest absolute Gasteiger partial charge is 0.493 e. The third-order valence-corrected chi connectivity index (χ3v) is 7.73. The summed E-state index contributed by atoms with van der Waals surface area (Å²) < 4.78 is 46.7. The van der Waals surface area contributed by atoms with Crippen LogP contribution in [-0.2, 0) is 10.0 Å². The number of carbonyl (C=O) groups is 1. The van der Waals surface area contributed by atoms with Crippen molar-refractivity contribution in [1.29, 1.82) is 0 Å². The Morgan fingerprint density at radius 3 is 2.16 bits per heavy atom. The molecule has 0 aliphatic heterocycles. The van der Waals surface area contributed by atoms with Crippen LogP contribution in [0.25, 0.3) is 16.6 Å². The summed E-state index contributed by atoms with van der Waals surface area (Å²) in [6, 6.07) is 17.8. The van der Waals surface area contributed by atoms with Crippen molar-refractivity contribution < 1.29 is 27.4 Å². The molecule has 0 radical (unpaired) electrons. The lowest BCUT2D eigenvalue weighted by molar-refractivity contribution is 0.103. The summed E-state index contributed by atoms with van der Waals surface area (Å²) in [5.74, 6) is 0.352.